The third-order valence-electron chi connectivity index (χ3n) is 5.06. The molecule has 0 atom stereocenters. The van der Waals surface area contributed by atoms with Crippen LogP contribution in [0.15, 0.2) is 93.6 Å². The number of fused-ring (bicyclic) bond motifs is 1. The number of nitrogens with one attached hydrogen (secondary N) is 1. The van der Waals surface area contributed by atoms with Crippen molar-refractivity contribution in [3.8, 4) is 5.75 Å². The van der Waals surface area contributed by atoms with E-state index in [4.69, 9.17) is 4.74 Å². The van der Waals surface area contributed by atoms with Gasteiger partial charge in [0.25, 0.3) is 0 Å². The first kappa shape index (κ1) is 22.2. The predicted molar refractivity (Wildman–Crippen MR) is 122 cm³/mol. The summed E-state index contributed by atoms with van der Waals surface area (Å²) in [6, 6.07) is 17.5. The van der Waals surface area contributed by atoms with Crippen molar-refractivity contribution in [1.82, 2.24) is 4.57 Å². The molecular weight excluding hydrogens is 447 g/mol. The Morgan fingerprint density at radius 2 is 1.67 bits per heavy atom. The Labute approximate surface area is 189 Å². The fraction of sp³-hybridized carbons (Fsp3) is 0.0833. The first-order valence-corrected chi connectivity index (χ1v) is 11.4. The summed E-state index contributed by atoms with van der Waals surface area (Å²) in [5.41, 5.74) is 0.154. The third kappa shape index (κ3) is 4.35. The zero-order chi connectivity index (χ0) is 23.6. The maximum Gasteiger partial charge on any atom is 0.244 e. The number of pyridine rings is 1. The molecule has 0 aliphatic heterocycles. The second-order valence-corrected chi connectivity index (χ2v) is 9.09. The van der Waals surface area contributed by atoms with Crippen LogP contribution < -0.4 is 15.5 Å². The van der Waals surface area contributed by atoms with Crippen molar-refractivity contribution < 1.29 is 22.3 Å². The van der Waals surface area contributed by atoms with Crippen LogP contribution in [-0.2, 0) is 21.2 Å². The Kier molecular flexibility index (Phi) is 5.97. The highest BCUT2D eigenvalue weighted by Gasteiger charge is 2.24. The molecule has 1 aromatic heterocycles. The van der Waals surface area contributed by atoms with Crippen LogP contribution in [0.4, 0.5) is 10.1 Å². The number of para-hydroxylation sites is 3. The second-order valence-electron chi connectivity index (χ2n) is 7.17. The molecule has 0 radical (unpaired) electrons. The summed E-state index contributed by atoms with van der Waals surface area (Å²) < 4.78 is 46.3. The molecule has 1 amide bonds. The molecule has 7 nitrogen and oxygen atoms in total. The molecule has 0 unspecified atom stereocenters. The number of halogens is 1. The molecule has 0 bridgehead atoms. The molecule has 3 aromatic carbocycles. The van der Waals surface area contributed by atoms with E-state index < -0.39 is 31.9 Å². The zero-order valence-electron chi connectivity index (χ0n) is 17.5. The number of benzene rings is 3. The maximum atomic E-state index is 13.3. The average molecular weight is 466 g/mol. The molecule has 4 aromatic rings. The number of carbonyl (C=O) groups is 1. The van der Waals surface area contributed by atoms with Gasteiger partial charge < -0.3 is 14.6 Å². The molecule has 168 valence electrons. The number of rotatable bonds is 6. The first-order chi connectivity index (χ1) is 15.8. The Morgan fingerprint density at radius 3 is 2.39 bits per heavy atom. The van der Waals surface area contributed by atoms with Crippen molar-refractivity contribution >= 4 is 32.3 Å². The lowest BCUT2D eigenvalue weighted by molar-refractivity contribution is -0.116. The molecule has 0 aliphatic rings. The van der Waals surface area contributed by atoms with Gasteiger partial charge in [0.05, 0.1) is 23.2 Å². The van der Waals surface area contributed by atoms with E-state index in [9.17, 15) is 22.4 Å². The molecule has 1 N–H and O–H groups in total. The minimum absolute atomic E-state index is 0.144. The van der Waals surface area contributed by atoms with E-state index in [0.29, 0.717) is 17.0 Å². The Balaban J connectivity index is 1.79. The standard InChI is InChI=1S/C24H19FN2O5S/c1-32-21-9-5-3-7-19(21)26-23(28)15-27-14-22(24(29)18-6-2-4-8-20(18)27)33(30,31)17-12-10-16(25)11-13-17/h2-14H,15H2,1H3,(H,26,28). The summed E-state index contributed by atoms with van der Waals surface area (Å²) in [7, 11) is -2.78. The van der Waals surface area contributed by atoms with Gasteiger partial charge in [-0.15, -0.1) is 0 Å². The van der Waals surface area contributed by atoms with Gasteiger partial charge in [0.15, 0.2) is 0 Å². The van der Waals surface area contributed by atoms with E-state index in [2.05, 4.69) is 5.32 Å². The molecule has 0 fully saturated rings. The van der Waals surface area contributed by atoms with Gasteiger partial charge in [-0.05, 0) is 48.5 Å². The van der Waals surface area contributed by atoms with E-state index in [-0.39, 0.29) is 16.8 Å². The summed E-state index contributed by atoms with van der Waals surface area (Å²) in [6.07, 6.45) is 1.14. The molecule has 1 heterocycles. The normalized spacial score (nSPS) is 11.3. The molecule has 0 spiro atoms. The Hall–Kier alpha value is -3.98. The van der Waals surface area contributed by atoms with Crippen LogP contribution in [0.2, 0.25) is 0 Å². The number of ether oxygens (including phenoxy) is 1. The monoisotopic (exact) mass is 466 g/mol. The van der Waals surface area contributed by atoms with Crippen molar-refractivity contribution in [3.63, 3.8) is 0 Å². The van der Waals surface area contributed by atoms with Crippen molar-refractivity contribution in [3.05, 3.63) is 95.0 Å². The van der Waals surface area contributed by atoms with Crippen LogP contribution in [-0.4, -0.2) is 26.0 Å². The minimum Gasteiger partial charge on any atom is -0.495 e. The molecule has 0 aliphatic carbocycles. The van der Waals surface area contributed by atoms with Crippen molar-refractivity contribution in [1.29, 1.82) is 0 Å². The van der Waals surface area contributed by atoms with Crippen LogP contribution in [0.1, 0.15) is 0 Å². The maximum absolute atomic E-state index is 13.3. The van der Waals surface area contributed by atoms with Crippen molar-refractivity contribution in [2.75, 3.05) is 12.4 Å². The third-order valence-corrected chi connectivity index (χ3v) is 6.83. The highest BCUT2D eigenvalue weighted by molar-refractivity contribution is 7.91. The molecule has 0 saturated heterocycles. The molecular formula is C24H19FN2O5S. The lowest BCUT2D eigenvalue weighted by Gasteiger charge is -2.15. The number of methoxy groups -OCH3 is 1. The SMILES string of the molecule is COc1ccccc1NC(=O)Cn1cc(S(=O)(=O)c2ccc(F)cc2)c(=O)c2ccccc21. The fourth-order valence-electron chi connectivity index (χ4n) is 3.47. The van der Waals surface area contributed by atoms with E-state index in [0.717, 1.165) is 30.5 Å². The number of amides is 1. The van der Waals surface area contributed by atoms with Crippen LogP contribution in [0.25, 0.3) is 10.9 Å². The molecule has 0 saturated carbocycles. The topological polar surface area (TPSA) is 94.5 Å². The largest absolute Gasteiger partial charge is 0.495 e. The van der Waals surface area contributed by atoms with Crippen LogP contribution in [0, 0.1) is 5.82 Å². The average Bonchev–Trinajstić information content (AvgIpc) is 2.81. The molecule has 4 rings (SSSR count). The lowest BCUT2D eigenvalue weighted by Crippen LogP contribution is -2.24. The summed E-state index contributed by atoms with van der Waals surface area (Å²) in [5.74, 6) is -0.577. The molecule has 9 heteroatoms. The summed E-state index contributed by atoms with van der Waals surface area (Å²) in [6.45, 7) is -0.259. The van der Waals surface area contributed by atoms with Gasteiger partial charge in [-0.1, -0.05) is 24.3 Å². The number of anilines is 1. The van der Waals surface area contributed by atoms with Gasteiger partial charge in [-0.2, -0.15) is 0 Å². The quantitative estimate of drug-likeness (QED) is 0.438. The molecule has 33 heavy (non-hydrogen) atoms. The minimum atomic E-state index is -4.26. The lowest BCUT2D eigenvalue weighted by atomic mass is 10.2. The number of aromatic nitrogens is 1. The van der Waals surface area contributed by atoms with E-state index in [1.165, 1.54) is 17.7 Å². The zero-order valence-corrected chi connectivity index (χ0v) is 18.3. The highest BCUT2D eigenvalue weighted by atomic mass is 32.2. The van der Waals surface area contributed by atoms with E-state index in [1.54, 1.807) is 42.5 Å². The van der Waals surface area contributed by atoms with Gasteiger partial charge in [0.2, 0.25) is 21.2 Å². The Bertz CT molecular complexity index is 1510. The summed E-state index contributed by atoms with van der Waals surface area (Å²) in [5, 5.41) is 2.88. The van der Waals surface area contributed by atoms with Crippen molar-refractivity contribution in [2.24, 2.45) is 0 Å². The number of hydrogen-bond acceptors (Lipinski definition) is 5. The van der Waals surface area contributed by atoms with Gasteiger partial charge >= 0.3 is 0 Å². The second kappa shape index (κ2) is 8.87. The smallest absolute Gasteiger partial charge is 0.244 e. The van der Waals surface area contributed by atoms with E-state index in [1.807, 2.05) is 0 Å². The van der Waals surface area contributed by atoms with Crippen LogP contribution in [0.3, 0.4) is 0 Å². The van der Waals surface area contributed by atoms with Crippen LogP contribution >= 0.6 is 0 Å². The first-order valence-electron chi connectivity index (χ1n) is 9.87. The number of carbonyl (C=O) groups excluding carboxylic acids is 1. The number of hydrogen-bond donors (Lipinski definition) is 1. The number of sulfone groups is 1. The number of nitrogens with zero attached hydrogens (tertiary/aromatic N) is 1. The van der Waals surface area contributed by atoms with Gasteiger partial charge in [0.1, 0.15) is 23.0 Å². The van der Waals surface area contributed by atoms with Gasteiger partial charge in [-0.25, -0.2) is 12.8 Å². The fourth-order valence-corrected chi connectivity index (χ4v) is 4.84. The predicted octanol–water partition coefficient (Wildman–Crippen LogP) is 3.62. The summed E-state index contributed by atoms with van der Waals surface area (Å²) in [4.78, 5) is 25.1. The highest BCUT2D eigenvalue weighted by Crippen LogP contribution is 2.24. The van der Waals surface area contributed by atoms with Crippen molar-refractivity contribution in [2.45, 2.75) is 16.3 Å². The van der Waals surface area contributed by atoms with Gasteiger partial charge in [-0.3, -0.25) is 9.59 Å². The van der Waals surface area contributed by atoms with E-state index >= 15 is 0 Å². The summed E-state index contributed by atoms with van der Waals surface area (Å²) >= 11 is 0. The van der Waals surface area contributed by atoms with Crippen LogP contribution in [0.5, 0.6) is 5.75 Å². The van der Waals surface area contributed by atoms with Gasteiger partial charge in [0, 0.05) is 11.6 Å². The Morgan fingerprint density at radius 1 is 1.00 bits per heavy atom.